The van der Waals surface area contributed by atoms with Gasteiger partial charge in [0, 0.05) is 22.2 Å². The summed E-state index contributed by atoms with van der Waals surface area (Å²) >= 11 is 3.41. The van der Waals surface area contributed by atoms with Crippen LogP contribution in [0, 0.1) is 6.92 Å². The lowest BCUT2D eigenvalue weighted by Crippen LogP contribution is -2.17. The first kappa shape index (κ1) is 15.4. The van der Waals surface area contributed by atoms with Crippen molar-refractivity contribution in [2.24, 2.45) is 5.10 Å². The summed E-state index contributed by atoms with van der Waals surface area (Å²) in [5.74, 6) is 0.853. The van der Waals surface area contributed by atoms with Crippen LogP contribution in [0.2, 0.25) is 0 Å². The third-order valence-electron chi connectivity index (χ3n) is 3.99. The molecule has 122 valence electrons. The molecular formula is C18H17N3OS2. The molecule has 4 rings (SSSR count). The quantitative estimate of drug-likeness (QED) is 0.669. The van der Waals surface area contributed by atoms with Crippen molar-refractivity contribution in [3.63, 3.8) is 0 Å². The Kier molecular flexibility index (Phi) is 4.08. The number of methoxy groups -OCH3 is 1. The Labute approximate surface area is 149 Å². The third kappa shape index (κ3) is 2.83. The Morgan fingerprint density at radius 3 is 2.83 bits per heavy atom. The molecule has 0 radical (unpaired) electrons. The molecule has 1 atom stereocenters. The first-order valence-corrected chi connectivity index (χ1v) is 9.47. The number of thiazole rings is 1. The standard InChI is InChI=1S/C18H17N3OS2/c1-12-11-24-18(19-12)21-16(17-7-4-8-23-17)10-15(20-21)13-5-3-6-14(9-13)22-2/h3-9,11,16H,10H2,1-2H3/t16-/m1/s1. The van der Waals surface area contributed by atoms with Crippen molar-refractivity contribution in [2.45, 2.75) is 19.4 Å². The zero-order valence-corrected chi connectivity index (χ0v) is 15.1. The number of ether oxygens (including phenoxy) is 1. The molecule has 0 saturated carbocycles. The summed E-state index contributed by atoms with van der Waals surface area (Å²) < 4.78 is 5.35. The predicted molar refractivity (Wildman–Crippen MR) is 101 cm³/mol. The summed E-state index contributed by atoms with van der Waals surface area (Å²) in [6.45, 7) is 2.02. The van der Waals surface area contributed by atoms with Crippen molar-refractivity contribution in [2.75, 3.05) is 12.1 Å². The number of thiophene rings is 1. The summed E-state index contributed by atoms with van der Waals surface area (Å²) in [5.41, 5.74) is 3.21. The van der Waals surface area contributed by atoms with Gasteiger partial charge in [-0.05, 0) is 30.5 Å². The van der Waals surface area contributed by atoms with Crippen molar-refractivity contribution >= 4 is 33.5 Å². The summed E-state index contributed by atoms with van der Waals surface area (Å²) in [4.78, 5) is 5.94. The first-order chi connectivity index (χ1) is 11.7. The maximum Gasteiger partial charge on any atom is 0.206 e. The van der Waals surface area contributed by atoms with Gasteiger partial charge in [0.25, 0.3) is 0 Å². The molecule has 1 aromatic carbocycles. The van der Waals surface area contributed by atoms with E-state index >= 15 is 0 Å². The van der Waals surface area contributed by atoms with Gasteiger partial charge >= 0.3 is 0 Å². The monoisotopic (exact) mass is 355 g/mol. The summed E-state index contributed by atoms with van der Waals surface area (Å²) in [6, 6.07) is 12.6. The van der Waals surface area contributed by atoms with Crippen LogP contribution in [0.25, 0.3) is 0 Å². The van der Waals surface area contributed by atoms with Crippen LogP contribution in [0.5, 0.6) is 5.75 Å². The lowest BCUT2D eigenvalue weighted by molar-refractivity contribution is 0.414. The van der Waals surface area contributed by atoms with Crippen LogP contribution in [0.15, 0.2) is 52.3 Å². The fourth-order valence-electron chi connectivity index (χ4n) is 2.81. The molecule has 1 aliphatic rings. The Hall–Kier alpha value is -2.18. The van der Waals surface area contributed by atoms with E-state index in [1.54, 1.807) is 29.8 Å². The highest BCUT2D eigenvalue weighted by Crippen LogP contribution is 2.39. The second-order valence-electron chi connectivity index (χ2n) is 5.63. The topological polar surface area (TPSA) is 37.7 Å². The highest BCUT2D eigenvalue weighted by molar-refractivity contribution is 7.13. The summed E-state index contributed by atoms with van der Waals surface area (Å²) in [5, 5.41) is 12.1. The van der Waals surface area contributed by atoms with Gasteiger partial charge in [-0.1, -0.05) is 18.2 Å². The van der Waals surface area contributed by atoms with E-state index < -0.39 is 0 Å². The van der Waals surface area contributed by atoms with Crippen LogP contribution in [0.4, 0.5) is 5.13 Å². The molecule has 0 spiro atoms. The Bertz CT molecular complexity index is 870. The van der Waals surface area contributed by atoms with Crippen molar-refractivity contribution < 1.29 is 4.74 Å². The number of aromatic nitrogens is 1. The number of hydrogen-bond acceptors (Lipinski definition) is 6. The largest absolute Gasteiger partial charge is 0.497 e. The van der Waals surface area contributed by atoms with Gasteiger partial charge in [0.2, 0.25) is 5.13 Å². The number of hydrazone groups is 1. The van der Waals surface area contributed by atoms with Crippen LogP contribution in [-0.2, 0) is 0 Å². The van der Waals surface area contributed by atoms with Gasteiger partial charge in [0.15, 0.2) is 0 Å². The molecule has 0 fully saturated rings. The van der Waals surface area contributed by atoms with Crippen molar-refractivity contribution in [3.05, 3.63) is 63.3 Å². The van der Waals surface area contributed by atoms with E-state index in [0.29, 0.717) is 0 Å². The average molecular weight is 355 g/mol. The molecule has 0 N–H and O–H groups in total. The lowest BCUT2D eigenvalue weighted by atomic mass is 10.0. The molecule has 3 heterocycles. The van der Waals surface area contributed by atoms with Crippen LogP contribution < -0.4 is 9.75 Å². The van der Waals surface area contributed by atoms with Gasteiger partial charge < -0.3 is 4.74 Å². The fourth-order valence-corrected chi connectivity index (χ4v) is 4.43. The first-order valence-electron chi connectivity index (χ1n) is 7.71. The maximum atomic E-state index is 5.35. The van der Waals surface area contributed by atoms with E-state index in [-0.39, 0.29) is 6.04 Å². The second kappa shape index (κ2) is 6.37. The number of nitrogens with zero attached hydrogens (tertiary/aromatic N) is 3. The molecule has 0 amide bonds. The van der Waals surface area contributed by atoms with Crippen LogP contribution in [0.3, 0.4) is 0 Å². The van der Waals surface area contributed by atoms with E-state index in [2.05, 4.69) is 39.0 Å². The van der Waals surface area contributed by atoms with Crippen molar-refractivity contribution in [1.82, 2.24) is 4.98 Å². The molecule has 0 saturated heterocycles. The second-order valence-corrected chi connectivity index (χ2v) is 7.45. The van der Waals surface area contributed by atoms with E-state index in [4.69, 9.17) is 9.84 Å². The zero-order chi connectivity index (χ0) is 16.5. The van der Waals surface area contributed by atoms with E-state index in [1.807, 2.05) is 25.1 Å². The average Bonchev–Trinajstić information content (AvgIpc) is 3.34. The van der Waals surface area contributed by atoms with Gasteiger partial charge in [-0.15, -0.1) is 22.7 Å². The molecule has 0 aliphatic carbocycles. The number of aryl methyl sites for hydroxylation is 1. The van der Waals surface area contributed by atoms with E-state index in [1.165, 1.54) is 4.88 Å². The SMILES string of the molecule is COc1cccc(C2=NN(c3nc(C)cs3)[C@@H](c3cccs3)C2)c1. The molecule has 1 aliphatic heterocycles. The molecule has 3 aromatic rings. The summed E-state index contributed by atoms with van der Waals surface area (Å²) in [6.07, 6.45) is 0.867. The highest BCUT2D eigenvalue weighted by atomic mass is 32.1. The minimum atomic E-state index is 0.205. The predicted octanol–water partition coefficient (Wildman–Crippen LogP) is 4.88. The minimum Gasteiger partial charge on any atom is -0.497 e. The van der Waals surface area contributed by atoms with Gasteiger partial charge in [-0.3, -0.25) is 0 Å². The normalized spacial score (nSPS) is 17.2. The highest BCUT2D eigenvalue weighted by Gasteiger charge is 2.32. The Morgan fingerprint density at radius 2 is 2.12 bits per heavy atom. The molecule has 4 nitrogen and oxygen atoms in total. The van der Waals surface area contributed by atoms with Crippen molar-refractivity contribution in [3.8, 4) is 5.75 Å². The Morgan fingerprint density at radius 1 is 1.21 bits per heavy atom. The van der Waals surface area contributed by atoms with Gasteiger partial charge in [0.1, 0.15) is 5.75 Å². The Balaban J connectivity index is 1.73. The molecule has 0 bridgehead atoms. The zero-order valence-electron chi connectivity index (χ0n) is 13.5. The molecular weight excluding hydrogens is 338 g/mol. The molecule has 0 unspecified atom stereocenters. The van der Waals surface area contributed by atoms with Crippen LogP contribution >= 0.6 is 22.7 Å². The van der Waals surface area contributed by atoms with Crippen LogP contribution in [-0.4, -0.2) is 17.8 Å². The fraction of sp³-hybridized carbons (Fsp3) is 0.222. The smallest absolute Gasteiger partial charge is 0.206 e. The van der Waals surface area contributed by atoms with Gasteiger partial charge in [-0.25, -0.2) is 9.99 Å². The minimum absolute atomic E-state index is 0.205. The van der Waals surface area contributed by atoms with E-state index in [0.717, 1.165) is 34.3 Å². The van der Waals surface area contributed by atoms with Gasteiger partial charge in [0.05, 0.1) is 24.6 Å². The number of rotatable bonds is 4. The third-order valence-corrected chi connectivity index (χ3v) is 5.91. The van der Waals surface area contributed by atoms with Crippen LogP contribution in [0.1, 0.15) is 28.6 Å². The lowest BCUT2D eigenvalue weighted by Gasteiger charge is -2.19. The molecule has 2 aromatic heterocycles. The van der Waals surface area contributed by atoms with Gasteiger partial charge in [-0.2, -0.15) is 5.10 Å². The number of benzene rings is 1. The summed E-state index contributed by atoms with van der Waals surface area (Å²) in [7, 11) is 1.69. The number of anilines is 1. The maximum absolute atomic E-state index is 5.35. The van der Waals surface area contributed by atoms with Crippen molar-refractivity contribution in [1.29, 1.82) is 0 Å². The van der Waals surface area contributed by atoms with E-state index in [9.17, 15) is 0 Å². The number of hydrogen-bond donors (Lipinski definition) is 0. The molecule has 24 heavy (non-hydrogen) atoms. The molecule has 6 heteroatoms.